The fourth-order valence-corrected chi connectivity index (χ4v) is 5.62. The van der Waals surface area contributed by atoms with Crippen LogP contribution in [-0.4, -0.2) is 39.3 Å². The average Bonchev–Trinajstić information content (AvgIpc) is 3.22. The summed E-state index contributed by atoms with van der Waals surface area (Å²) in [5.74, 6) is 0.00518. The molecule has 1 fully saturated rings. The minimum absolute atomic E-state index is 0.131. The van der Waals surface area contributed by atoms with Crippen molar-refractivity contribution < 1.29 is 4.79 Å². The van der Waals surface area contributed by atoms with Gasteiger partial charge in [0.05, 0.1) is 5.75 Å². The Morgan fingerprint density at radius 2 is 1.94 bits per heavy atom. The molecule has 0 radical (unpaired) electrons. The number of hydrogen-bond donors (Lipinski definition) is 1. The second kappa shape index (κ2) is 9.87. The third-order valence-corrected chi connectivity index (χ3v) is 7.56. The summed E-state index contributed by atoms with van der Waals surface area (Å²) in [7, 11) is 0. The summed E-state index contributed by atoms with van der Waals surface area (Å²) >= 11 is 2.65. The highest BCUT2D eigenvalue weighted by Gasteiger charge is 2.20. The SMILES string of the molecule is C=CCn1c(SCC(=O)Nc2c(C)cccc2C)nc2nc(N3CCCCC3)sc2c1=O. The van der Waals surface area contributed by atoms with Crippen molar-refractivity contribution in [1.82, 2.24) is 14.5 Å². The number of hydrogen-bond acceptors (Lipinski definition) is 7. The van der Waals surface area contributed by atoms with Gasteiger partial charge in [-0.2, -0.15) is 4.98 Å². The van der Waals surface area contributed by atoms with Gasteiger partial charge in [0.25, 0.3) is 5.56 Å². The smallest absolute Gasteiger partial charge is 0.274 e. The van der Waals surface area contributed by atoms with Gasteiger partial charge in [0.15, 0.2) is 15.9 Å². The Kier molecular flexibility index (Phi) is 6.95. The molecule has 9 heteroatoms. The zero-order valence-electron chi connectivity index (χ0n) is 18.4. The molecular weight excluding hydrogens is 442 g/mol. The first kappa shape index (κ1) is 22.5. The molecule has 7 nitrogen and oxygen atoms in total. The fraction of sp³-hybridized carbons (Fsp3) is 0.391. The predicted molar refractivity (Wildman–Crippen MR) is 133 cm³/mol. The summed E-state index contributed by atoms with van der Waals surface area (Å²) in [6.45, 7) is 9.96. The van der Waals surface area contributed by atoms with Crippen molar-refractivity contribution in [2.75, 3.05) is 29.1 Å². The zero-order chi connectivity index (χ0) is 22.7. The van der Waals surface area contributed by atoms with Crippen LogP contribution in [0.4, 0.5) is 10.8 Å². The lowest BCUT2D eigenvalue weighted by atomic mass is 10.1. The van der Waals surface area contributed by atoms with E-state index in [0.29, 0.717) is 22.0 Å². The molecule has 0 bridgehead atoms. The molecule has 3 heterocycles. The van der Waals surface area contributed by atoms with E-state index in [1.165, 1.54) is 29.5 Å². The van der Waals surface area contributed by atoms with Crippen LogP contribution in [0.5, 0.6) is 0 Å². The Morgan fingerprint density at radius 3 is 2.62 bits per heavy atom. The second-order valence-electron chi connectivity index (χ2n) is 7.90. The van der Waals surface area contributed by atoms with Crippen LogP contribution in [0, 0.1) is 13.8 Å². The number of piperidine rings is 1. The number of para-hydroxylation sites is 1. The number of nitrogens with zero attached hydrogens (tertiary/aromatic N) is 4. The largest absolute Gasteiger partial charge is 0.348 e. The van der Waals surface area contributed by atoms with Crippen molar-refractivity contribution in [3.05, 3.63) is 52.3 Å². The number of rotatable bonds is 7. The van der Waals surface area contributed by atoms with Gasteiger partial charge in [0.2, 0.25) is 5.91 Å². The number of fused-ring (bicyclic) bond motifs is 1. The van der Waals surface area contributed by atoms with E-state index in [9.17, 15) is 9.59 Å². The monoisotopic (exact) mass is 469 g/mol. The van der Waals surface area contributed by atoms with Gasteiger partial charge in [-0.25, -0.2) is 4.98 Å². The van der Waals surface area contributed by atoms with E-state index in [1.807, 2.05) is 32.0 Å². The molecule has 0 aliphatic carbocycles. The van der Waals surface area contributed by atoms with Gasteiger partial charge in [0, 0.05) is 25.3 Å². The van der Waals surface area contributed by atoms with E-state index >= 15 is 0 Å². The van der Waals surface area contributed by atoms with Crippen molar-refractivity contribution in [3.8, 4) is 0 Å². The number of amides is 1. The number of aryl methyl sites for hydroxylation is 2. The molecule has 4 rings (SSSR count). The minimum atomic E-state index is -0.140. The number of thioether (sulfide) groups is 1. The summed E-state index contributed by atoms with van der Waals surface area (Å²) in [5.41, 5.74) is 3.18. The molecule has 1 saturated heterocycles. The summed E-state index contributed by atoms with van der Waals surface area (Å²) in [4.78, 5) is 37.4. The lowest BCUT2D eigenvalue weighted by molar-refractivity contribution is -0.113. The molecule has 0 saturated carbocycles. The summed E-state index contributed by atoms with van der Waals surface area (Å²) < 4.78 is 2.13. The van der Waals surface area contributed by atoms with Crippen LogP contribution >= 0.6 is 23.1 Å². The van der Waals surface area contributed by atoms with E-state index in [-0.39, 0.29) is 17.2 Å². The van der Waals surface area contributed by atoms with Crippen molar-refractivity contribution in [3.63, 3.8) is 0 Å². The Balaban J connectivity index is 1.58. The summed E-state index contributed by atoms with van der Waals surface area (Å²) in [5, 5.41) is 4.32. The van der Waals surface area contributed by atoms with Gasteiger partial charge in [0.1, 0.15) is 4.70 Å². The van der Waals surface area contributed by atoms with Gasteiger partial charge >= 0.3 is 0 Å². The Morgan fingerprint density at radius 1 is 1.22 bits per heavy atom. The highest BCUT2D eigenvalue weighted by molar-refractivity contribution is 7.99. The van der Waals surface area contributed by atoms with Gasteiger partial charge in [-0.3, -0.25) is 14.2 Å². The standard InChI is InChI=1S/C23H27N5O2S2/c1-4-11-28-21(30)19-20(25-22(32-19)27-12-6-5-7-13-27)26-23(28)31-14-17(29)24-18-15(2)9-8-10-16(18)3/h4,8-10H,1,5-7,11-14H2,2-3H3,(H,24,29). The first-order valence-electron chi connectivity index (χ1n) is 10.7. The van der Waals surface area contributed by atoms with E-state index in [2.05, 4.69) is 26.8 Å². The lowest BCUT2D eigenvalue weighted by Crippen LogP contribution is -2.29. The molecule has 1 aliphatic rings. The maximum absolute atomic E-state index is 13.2. The molecule has 3 aromatic rings. The number of carbonyl (C=O) groups is 1. The van der Waals surface area contributed by atoms with Crippen LogP contribution < -0.4 is 15.8 Å². The maximum atomic E-state index is 13.2. The number of thiazole rings is 1. The van der Waals surface area contributed by atoms with E-state index in [4.69, 9.17) is 0 Å². The third-order valence-electron chi connectivity index (χ3n) is 5.49. The molecule has 0 atom stereocenters. The first-order chi connectivity index (χ1) is 15.5. The van der Waals surface area contributed by atoms with Crippen molar-refractivity contribution >= 4 is 50.2 Å². The van der Waals surface area contributed by atoms with Crippen LogP contribution in [-0.2, 0) is 11.3 Å². The quantitative estimate of drug-likeness (QED) is 0.314. The number of anilines is 2. The highest BCUT2D eigenvalue weighted by atomic mass is 32.2. The number of benzene rings is 1. The highest BCUT2D eigenvalue weighted by Crippen LogP contribution is 2.29. The first-order valence-corrected chi connectivity index (χ1v) is 12.5. The van der Waals surface area contributed by atoms with E-state index < -0.39 is 0 Å². The minimum Gasteiger partial charge on any atom is -0.348 e. The second-order valence-corrected chi connectivity index (χ2v) is 9.82. The Labute approximate surface area is 195 Å². The van der Waals surface area contributed by atoms with Crippen LogP contribution in [0.3, 0.4) is 0 Å². The van der Waals surface area contributed by atoms with E-state index in [1.54, 1.807) is 10.6 Å². The third kappa shape index (κ3) is 4.73. The Hall–Kier alpha value is -2.65. The fourth-order valence-electron chi connectivity index (χ4n) is 3.81. The molecule has 0 spiro atoms. The summed E-state index contributed by atoms with van der Waals surface area (Å²) in [6, 6.07) is 5.90. The molecule has 168 valence electrons. The van der Waals surface area contributed by atoms with Gasteiger partial charge in [-0.15, -0.1) is 6.58 Å². The van der Waals surface area contributed by atoms with Crippen LogP contribution in [0.2, 0.25) is 0 Å². The number of carbonyl (C=O) groups excluding carboxylic acids is 1. The van der Waals surface area contributed by atoms with Crippen LogP contribution in [0.25, 0.3) is 10.3 Å². The molecule has 2 aromatic heterocycles. The van der Waals surface area contributed by atoms with Crippen molar-refractivity contribution in [2.45, 2.75) is 44.8 Å². The molecule has 32 heavy (non-hydrogen) atoms. The van der Waals surface area contributed by atoms with Crippen molar-refractivity contribution in [2.24, 2.45) is 0 Å². The Bertz CT molecular complexity index is 1190. The normalized spacial score (nSPS) is 14.0. The number of nitrogens with one attached hydrogen (secondary N) is 1. The molecule has 0 unspecified atom stereocenters. The summed E-state index contributed by atoms with van der Waals surface area (Å²) in [6.07, 6.45) is 5.18. The van der Waals surface area contributed by atoms with Crippen LogP contribution in [0.1, 0.15) is 30.4 Å². The topological polar surface area (TPSA) is 80.1 Å². The van der Waals surface area contributed by atoms with Crippen LogP contribution in [0.15, 0.2) is 40.8 Å². The maximum Gasteiger partial charge on any atom is 0.274 e. The number of allylic oxidation sites excluding steroid dienone is 1. The van der Waals surface area contributed by atoms with Crippen molar-refractivity contribution in [1.29, 1.82) is 0 Å². The lowest BCUT2D eigenvalue weighted by Gasteiger charge is -2.25. The van der Waals surface area contributed by atoms with Gasteiger partial charge in [-0.05, 0) is 44.2 Å². The van der Waals surface area contributed by atoms with Gasteiger partial charge < -0.3 is 10.2 Å². The number of aromatic nitrogens is 3. The molecule has 1 amide bonds. The van der Waals surface area contributed by atoms with Gasteiger partial charge in [-0.1, -0.05) is 47.4 Å². The zero-order valence-corrected chi connectivity index (χ0v) is 20.0. The molecule has 1 aromatic carbocycles. The average molecular weight is 470 g/mol. The molecular formula is C23H27N5O2S2. The molecule has 1 N–H and O–H groups in total. The predicted octanol–water partition coefficient (Wildman–Crippen LogP) is 4.38. The molecule has 1 aliphatic heterocycles. The van der Waals surface area contributed by atoms with E-state index in [0.717, 1.165) is 47.9 Å².